The summed E-state index contributed by atoms with van der Waals surface area (Å²) in [6.07, 6.45) is 6.89. The number of piperidine rings is 3. The molecule has 0 N–H and O–H groups in total. The van der Waals surface area contributed by atoms with Gasteiger partial charge in [0.15, 0.2) is 5.78 Å². The second kappa shape index (κ2) is 4.38. The van der Waals surface area contributed by atoms with Crippen molar-refractivity contribution in [3.63, 3.8) is 0 Å². The quantitative estimate of drug-likeness (QED) is 0.803. The number of Topliss-reactive ketones (excluding diaryl/α,β-unsaturated/α-hetero) is 1. The van der Waals surface area contributed by atoms with E-state index in [-0.39, 0.29) is 5.92 Å². The van der Waals surface area contributed by atoms with Crippen LogP contribution < -0.4 is 0 Å². The van der Waals surface area contributed by atoms with Crippen LogP contribution in [0.4, 0.5) is 0 Å². The highest BCUT2D eigenvalue weighted by molar-refractivity contribution is 6.11. The molecule has 0 radical (unpaired) electrons. The number of ketones is 1. The molecule has 3 fully saturated rings. The number of hydrogen-bond acceptors (Lipinski definition) is 4. The van der Waals surface area contributed by atoms with Crippen LogP contribution in [-0.2, 0) is 13.5 Å². The van der Waals surface area contributed by atoms with Crippen molar-refractivity contribution in [3.05, 3.63) is 23.7 Å². The first-order valence-electron chi connectivity index (χ1n) is 8.28. The molecule has 6 rings (SSSR count). The first kappa shape index (κ1) is 12.8. The zero-order valence-electron chi connectivity index (χ0n) is 12.8. The number of carbonyl (C=O) groups excluding carboxylic acids is 1. The van der Waals surface area contributed by atoms with E-state index in [1.165, 1.54) is 25.9 Å². The van der Waals surface area contributed by atoms with Gasteiger partial charge in [-0.2, -0.15) is 5.10 Å². The molecule has 2 aromatic rings. The van der Waals surface area contributed by atoms with Gasteiger partial charge in [-0.25, -0.2) is 0 Å². The molecule has 5 heteroatoms. The highest BCUT2D eigenvalue weighted by Gasteiger charge is 2.44. The number of nitrogens with zero attached hydrogens (tertiary/aromatic N) is 4. The fourth-order valence-electron chi connectivity index (χ4n) is 4.93. The van der Waals surface area contributed by atoms with Gasteiger partial charge in [0.1, 0.15) is 0 Å². The van der Waals surface area contributed by atoms with Crippen molar-refractivity contribution in [2.45, 2.75) is 19.3 Å². The molecule has 5 nitrogen and oxygen atoms in total. The predicted molar refractivity (Wildman–Crippen MR) is 82.7 cm³/mol. The van der Waals surface area contributed by atoms with E-state index in [2.05, 4.69) is 15.0 Å². The van der Waals surface area contributed by atoms with Crippen molar-refractivity contribution < 1.29 is 4.79 Å². The zero-order chi connectivity index (χ0) is 14.8. The highest BCUT2D eigenvalue weighted by Crippen LogP contribution is 2.42. The molecule has 2 aromatic heterocycles. The number of aromatic nitrogens is 3. The summed E-state index contributed by atoms with van der Waals surface area (Å²) in [4.78, 5) is 19.9. The fourth-order valence-corrected chi connectivity index (χ4v) is 4.93. The van der Waals surface area contributed by atoms with Crippen LogP contribution in [0.15, 0.2) is 12.4 Å². The predicted octanol–water partition coefficient (Wildman–Crippen LogP) is 1.67. The smallest absolute Gasteiger partial charge is 0.168 e. The Labute approximate surface area is 129 Å². The third-order valence-electron chi connectivity index (χ3n) is 6.07. The summed E-state index contributed by atoms with van der Waals surface area (Å²) in [5, 5.41) is 5.71. The summed E-state index contributed by atoms with van der Waals surface area (Å²) in [6.45, 7) is 3.52. The lowest BCUT2D eigenvalue weighted by Crippen LogP contribution is -2.51. The average molecular weight is 296 g/mol. The zero-order valence-corrected chi connectivity index (χ0v) is 12.8. The lowest BCUT2D eigenvalue weighted by Gasteiger charge is -2.47. The monoisotopic (exact) mass is 296 g/mol. The molecule has 0 saturated carbocycles. The topological polar surface area (TPSA) is 51.0 Å². The maximum atomic E-state index is 13.1. The lowest BCUT2D eigenvalue weighted by molar-refractivity contribution is 0.0192. The van der Waals surface area contributed by atoms with Crippen molar-refractivity contribution >= 4 is 16.7 Å². The van der Waals surface area contributed by atoms with Gasteiger partial charge in [0, 0.05) is 43.1 Å². The maximum absolute atomic E-state index is 13.1. The molecule has 5 heterocycles. The Kier molecular flexibility index (Phi) is 2.54. The number of hydrogen-bond donors (Lipinski definition) is 0. The third-order valence-corrected chi connectivity index (χ3v) is 6.07. The van der Waals surface area contributed by atoms with E-state index >= 15 is 0 Å². The molecule has 0 spiro atoms. The van der Waals surface area contributed by atoms with E-state index in [1.807, 2.05) is 17.9 Å². The first-order valence-corrected chi connectivity index (χ1v) is 8.28. The number of fused-ring (bicyclic) bond motifs is 3. The summed E-state index contributed by atoms with van der Waals surface area (Å²) >= 11 is 0. The maximum Gasteiger partial charge on any atom is 0.168 e. The van der Waals surface area contributed by atoms with E-state index in [0.29, 0.717) is 11.7 Å². The number of aryl methyl sites for hydroxylation is 1. The molecule has 1 aliphatic carbocycles. The van der Waals surface area contributed by atoms with E-state index < -0.39 is 0 Å². The number of carbonyl (C=O) groups is 1. The van der Waals surface area contributed by atoms with E-state index in [0.717, 1.165) is 41.0 Å². The van der Waals surface area contributed by atoms with Crippen molar-refractivity contribution in [2.75, 3.05) is 19.6 Å². The van der Waals surface area contributed by atoms with Gasteiger partial charge in [0.05, 0.1) is 17.4 Å². The van der Waals surface area contributed by atoms with E-state index in [1.54, 1.807) is 6.20 Å². The van der Waals surface area contributed by atoms with Gasteiger partial charge in [-0.05, 0) is 37.8 Å². The van der Waals surface area contributed by atoms with Gasteiger partial charge < -0.3 is 4.90 Å². The van der Waals surface area contributed by atoms with Gasteiger partial charge >= 0.3 is 0 Å². The summed E-state index contributed by atoms with van der Waals surface area (Å²) in [6, 6.07) is 0. The van der Waals surface area contributed by atoms with Crippen LogP contribution in [0, 0.1) is 17.8 Å². The Hall–Kier alpha value is -1.75. The molecule has 1 unspecified atom stereocenters. The minimum absolute atomic E-state index is 0.0999. The van der Waals surface area contributed by atoms with Crippen LogP contribution in [0.1, 0.15) is 28.9 Å². The Morgan fingerprint density at radius 1 is 1.23 bits per heavy atom. The molecular formula is C17H20N4O. The van der Waals surface area contributed by atoms with Crippen LogP contribution in [-0.4, -0.2) is 45.1 Å². The molecule has 4 aliphatic rings. The molecule has 3 aliphatic heterocycles. The average Bonchev–Trinajstić information content (AvgIpc) is 2.89. The summed E-state index contributed by atoms with van der Waals surface area (Å²) in [7, 11) is 1.94. The Bertz CT molecular complexity index is 772. The number of rotatable bonds is 1. The molecule has 0 aromatic carbocycles. The molecule has 3 saturated heterocycles. The fraction of sp³-hybridized carbons (Fsp3) is 0.588. The van der Waals surface area contributed by atoms with Crippen molar-refractivity contribution in [2.24, 2.45) is 24.8 Å². The SMILES string of the molecule is Cn1nc2c3c(cncc31)C(=O)[C@H](C1CN3CCC1CC3)C2. The van der Waals surface area contributed by atoms with Gasteiger partial charge in [-0.1, -0.05) is 0 Å². The van der Waals surface area contributed by atoms with Crippen LogP contribution in [0.5, 0.6) is 0 Å². The van der Waals surface area contributed by atoms with Crippen molar-refractivity contribution in [1.29, 1.82) is 0 Å². The second-order valence-electron chi connectivity index (χ2n) is 7.13. The van der Waals surface area contributed by atoms with Gasteiger partial charge in [-0.3, -0.25) is 14.5 Å². The minimum atomic E-state index is 0.0999. The molecule has 2 atom stereocenters. The largest absolute Gasteiger partial charge is 0.303 e. The van der Waals surface area contributed by atoms with Crippen molar-refractivity contribution in [1.82, 2.24) is 19.7 Å². The highest BCUT2D eigenvalue weighted by atomic mass is 16.1. The summed E-state index contributed by atoms with van der Waals surface area (Å²) < 4.78 is 1.87. The molecule has 0 amide bonds. The van der Waals surface area contributed by atoms with Gasteiger partial charge in [-0.15, -0.1) is 0 Å². The molecule has 114 valence electrons. The minimum Gasteiger partial charge on any atom is -0.303 e. The van der Waals surface area contributed by atoms with Gasteiger partial charge in [0.2, 0.25) is 0 Å². The first-order chi connectivity index (χ1) is 10.7. The lowest BCUT2D eigenvalue weighted by atomic mass is 9.67. The Morgan fingerprint density at radius 2 is 2.05 bits per heavy atom. The Morgan fingerprint density at radius 3 is 2.77 bits per heavy atom. The number of pyridine rings is 1. The summed E-state index contributed by atoms with van der Waals surface area (Å²) in [5.41, 5.74) is 2.87. The molecule has 2 bridgehead atoms. The van der Waals surface area contributed by atoms with Crippen LogP contribution in [0.25, 0.3) is 10.9 Å². The van der Waals surface area contributed by atoms with Crippen LogP contribution in [0.3, 0.4) is 0 Å². The standard InChI is InChI=1S/C17H20N4O/c1-20-15-8-18-7-12-16(15)14(19-20)6-11(17(12)22)13-9-21-4-2-10(13)3-5-21/h7-8,10-11,13H,2-6,9H2,1H3/t11-,13?/m0/s1. The second-order valence-corrected chi connectivity index (χ2v) is 7.13. The molecule has 22 heavy (non-hydrogen) atoms. The van der Waals surface area contributed by atoms with Crippen molar-refractivity contribution in [3.8, 4) is 0 Å². The van der Waals surface area contributed by atoms with E-state index in [4.69, 9.17) is 0 Å². The van der Waals surface area contributed by atoms with Gasteiger partial charge in [0.25, 0.3) is 0 Å². The van der Waals surface area contributed by atoms with E-state index in [9.17, 15) is 4.79 Å². The third kappa shape index (κ3) is 1.60. The summed E-state index contributed by atoms with van der Waals surface area (Å²) in [5.74, 6) is 1.62. The Balaban J connectivity index is 1.59. The van der Waals surface area contributed by atoms with Crippen LogP contribution >= 0.6 is 0 Å². The molecular weight excluding hydrogens is 276 g/mol. The normalized spacial score (nSPS) is 33.6. The van der Waals surface area contributed by atoms with Crippen LogP contribution in [0.2, 0.25) is 0 Å².